The Kier molecular flexibility index (Phi) is 6.39. The molecule has 0 saturated heterocycles. The quantitative estimate of drug-likeness (QED) is 0.480. The van der Waals surface area contributed by atoms with Crippen LogP contribution in [0.2, 0.25) is 0 Å². The van der Waals surface area contributed by atoms with Crippen LogP contribution in [0.4, 0.5) is 0 Å². The van der Waals surface area contributed by atoms with Crippen molar-refractivity contribution in [3.8, 4) is 0 Å². The lowest BCUT2D eigenvalue weighted by Gasteiger charge is -2.26. The number of fused-ring (bicyclic) bond motifs is 1. The highest BCUT2D eigenvalue weighted by atomic mass is 16.7. The van der Waals surface area contributed by atoms with Gasteiger partial charge in [-0.1, -0.05) is 12.2 Å². The van der Waals surface area contributed by atoms with Crippen LogP contribution in [0.1, 0.15) is 39.0 Å². The molecule has 0 aromatic rings. The van der Waals surface area contributed by atoms with E-state index in [9.17, 15) is 9.90 Å². The van der Waals surface area contributed by atoms with E-state index in [4.69, 9.17) is 14.2 Å². The van der Waals surface area contributed by atoms with E-state index in [0.717, 1.165) is 19.3 Å². The molecule has 130 valence electrons. The van der Waals surface area contributed by atoms with Crippen LogP contribution in [-0.2, 0) is 19.0 Å². The van der Waals surface area contributed by atoms with E-state index < -0.39 is 17.9 Å². The topological polar surface area (TPSA) is 65.0 Å². The summed E-state index contributed by atoms with van der Waals surface area (Å²) in [5, 5.41) is 10.5. The third kappa shape index (κ3) is 4.66. The molecule has 0 amide bonds. The number of hydrogen-bond donors (Lipinski definition) is 1. The number of cyclic esters (lactones) is 1. The molecule has 1 N–H and O–H groups in total. The maximum Gasteiger partial charge on any atom is 0.330 e. The summed E-state index contributed by atoms with van der Waals surface area (Å²) in [5.74, 6) is -0.958. The first-order valence-corrected chi connectivity index (χ1v) is 8.33. The standard InChI is InChI=1S/C18H28O5/c1-13-7-5-4-6-8-14-11-18(21-2,22-3)12-15(14)16(19)9-10-17(20)23-13/h6,8-10,13-16,19H,4-5,7,11-12H2,1-3H3/t13-,14+,15+,16+/m0/s1. The lowest BCUT2D eigenvalue weighted by atomic mass is 9.90. The predicted octanol–water partition coefficient (Wildman–Crippen LogP) is 2.59. The fourth-order valence-corrected chi connectivity index (χ4v) is 3.52. The summed E-state index contributed by atoms with van der Waals surface area (Å²) in [6, 6.07) is 0. The molecule has 0 bridgehead atoms. The zero-order valence-electron chi connectivity index (χ0n) is 14.2. The average molecular weight is 324 g/mol. The van der Waals surface area contributed by atoms with E-state index in [0.29, 0.717) is 12.8 Å². The second-order valence-electron chi connectivity index (χ2n) is 6.51. The third-order valence-electron chi connectivity index (χ3n) is 4.94. The molecule has 5 nitrogen and oxygen atoms in total. The highest BCUT2D eigenvalue weighted by Crippen LogP contribution is 2.44. The van der Waals surface area contributed by atoms with Crippen molar-refractivity contribution >= 4 is 5.97 Å². The van der Waals surface area contributed by atoms with Crippen LogP contribution in [0.3, 0.4) is 0 Å². The molecule has 0 aromatic heterocycles. The fourth-order valence-electron chi connectivity index (χ4n) is 3.52. The molecule has 4 atom stereocenters. The minimum Gasteiger partial charge on any atom is -0.460 e. The van der Waals surface area contributed by atoms with Gasteiger partial charge in [-0.05, 0) is 44.1 Å². The molecule has 0 spiro atoms. The molecule has 1 aliphatic heterocycles. The highest BCUT2D eigenvalue weighted by molar-refractivity contribution is 5.82. The van der Waals surface area contributed by atoms with Crippen molar-refractivity contribution in [2.45, 2.75) is 57.0 Å². The molecule has 1 saturated carbocycles. The van der Waals surface area contributed by atoms with Gasteiger partial charge in [0.2, 0.25) is 0 Å². The maximum absolute atomic E-state index is 11.8. The number of esters is 1. The Morgan fingerprint density at radius 2 is 2.00 bits per heavy atom. The van der Waals surface area contributed by atoms with Crippen LogP contribution >= 0.6 is 0 Å². The Morgan fingerprint density at radius 3 is 2.70 bits per heavy atom. The summed E-state index contributed by atoms with van der Waals surface area (Å²) < 4.78 is 16.4. The number of allylic oxidation sites excluding steroid dienone is 2. The van der Waals surface area contributed by atoms with Crippen molar-refractivity contribution in [3.63, 3.8) is 0 Å². The molecule has 0 aromatic carbocycles. The Labute approximate surface area is 138 Å². The molecule has 1 aliphatic carbocycles. The normalized spacial score (nSPS) is 34.9. The van der Waals surface area contributed by atoms with E-state index in [2.05, 4.69) is 12.2 Å². The van der Waals surface area contributed by atoms with Crippen molar-refractivity contribution in [2.75, 3.05) is 14.2 Å². The number of aliphatic hydroxyl groups excluding tert-OH is 1. The molecule has 2 aliphatic rings. The lowest BCUT2D eigenvalue weighted by molar-refractivity contribution is -0.204. The summed E-state index contributed by atoms with van der Waals surface area (Å²) in [4.78, 5) is 11.8. The molecule has 1 fully saturated rings. The Balaban J connectivity index is 2.19. The van der Waals surface area contributed by atoms with Gasteiger partial charge >= 0.3 is 5.97 Å². The number of methoxy groups -OCH3 is 2. The minimum atomic E-state index is -0.736. The Hall–Kier alpha value is -1.17. The number of carbonyl (C=O) groups is 1. The van der Waals surface area contributed by atoms with E-state index in [1.54, 1.807) is 14.2 Å². The molecule has 23 heavy (non-hydrogen) atoms. The maximum atomic E-state index is 11.8. The molecule has 0 radical (unpaired) electrons. The molecular formula is C18H28O5. The molecule has 0 unspecified atom stereocenters. The average Bonchev–Trinajstić information content (AvgIpc) is 2.91. The van der Waals surface area contributed by atoms with Gasteiger partial charge in [0.05, 0.1) is 12.2 Å². The van der Waals surface area contributed by atoms with Crippen LogP contribution in [0.5, 0.6) is 0 Å². The summed E-state index contributed by atoms with van der Waals surface area (Å²) in [6.07, 6.45) is 10.4. The van der Waals surface area contributed by atoms with Gasteiger partial charge in [-0.15, -0.1) is 0 Å². The number of aliphatic hydroxyl groups is 1. The summed E-state index contributed by atoms with van der Waals surface area (Å²) in [5.41, 5.74) is 0. The van der Waals surface area contributed by atoms with Crippen LogP contribution in [-0.4, -0.2) is 43.3 Å². The first-order chi connectivity index (χ1) is 11.0. The van der Waals surface area contributed by atoms with E-state index in [-0.39, 0.29) is 17.9 Å². The number of hydrogen-bond acceptors (Lipinski definition) is 5. The Morgan fingerprint density at radius 1 is 1.26 bits per heavy atom. The largest absolute Gasteiger partial charge is 0.460 e. The predicted molar refractivity (Wildman–Crippen MR) is 86.7 cm³/mol. The van der Waals surface area contributed by atoms with Gasteiger partial charge in [-0.25, -0.2) is 4.79 Å². The fraction of sp³-hybridized carbons (Fsp3) is 0.722. The van der Waals surface area contributed by atoms with Gasteiger partial charge in [0.1, 0.15) is 0 Å². The van der Waals surface area contributed by atoms with Crippen molar-refractivity contribution < 1.29 is 24.1 Å². The minimum absolute atomic E-state index is 0.0478. The van der Waals surface area contributed by atoms with E-state index >= 15 is 0 Å². The zero-order valence-corrected chi connectivity index (χ0v) is 14.2. The monoisotopic (exact) mass is 324 g/mol. The van der Waals surface area contributed by atoms with Gasteiger partial charge in [-0.3, -0.25) is 0 Å². The second-order valence-corrected chi connectivity index (χ2v) is 6.51. The van der Waals surface area contributed by atoms with Gasteiger partial charge in [0, 0.05) is 33.1 Å². The van der Waals surface area contributed by atoms with Gasteiger partial charge in [-0.2, -0.15) is 0 Å². The second kappa shape index (κ2) is 8.08. The van der Waals surface area contributed by atoms with E-state index in [1.807, 2.05) is 6.92 Å². The molecule has 2 rings (SSSR count). The number of ether oxygens (including phenoxy) is 3. The van der Waals surface area contributed by atoms with Crippen LogP contribution in [0.15, 0.2) is 24.3 Å². The number of carbonyl (C=O) groups excluding carboxylic acids is 1. The van der Waals surface area contributed by atoms with Crippen LogP contribution in [0, 0.1) is 11.8 Å². The molecule has 1 heterocycles. The van der Waals surface area contributed by atoms with Crippen molar-refractivity contribution in [1.82, 2.24) is 0 Å². The summed E-state index contributed by atoms with van der Waals surface area (Å²) in [7, 11) is 3.26. The first kappa shape index (κ1) is 18.2. The lowest BCUT2D eigenvalue weighted by Crippen LogP contribution is -2.31. The first-order valence-electron chi connectivity index (χ1n) is 8.33. The molecule has 5 heteroatoms. The molecular weight excluding hydrogens is 296 g/mol. The summed E-state index contributed by atoms with van der Waals surface area (Å²) >= 11 is 0. The Bertz CT molecular complexity index is 452. The van der Waals surface area contributed by atoms with E-state index in [1.165, 1.54) is 12.2 Å². The SMILES string of the molecule is COC1(OC)C[C@H]2[C@H](O)C=CC(=O)O[C@@H](C)CCCC=C[C@@H]2C1. The van der Waals surface area contributed by atoms with Crippen LogP contribution in [0.25, 0.3) is 0 Å². The zero-order chi connectivity index (χ0) is 16.9. The highest BCUT2D eigenvalue weighted by Gasteiger charge is 2.47. The van der Waals surface area contributed by atoms with Crippen molar-refractivity contribution in [2.24, 2.45) is 11.8 Å². The number of rotatable bonds is 2. The van der Waals surface area contributed by atoms with Gasteiger partial charge < -0.3 is 19.3 Å². The smallest absolute Gasteiger partial charge is 0.330 e. The van der Waals surface area contributed by atoms with Gasteiger partial charge in [0.15, 0.2) is 5.79 Å². The van der Waals surface area contributed by atoms with Crippen LogP contribution < -0.4 is 0 Å². The van der Waals surface area contributed by atoms with Crippen molar-refractivity contribution in [3.05, 3.63) is 24.3 Å². The summed E-state index contributed by atoms with van der Waals surface area (Å²) in [6.45, 7) is 1.89. The van der Waals surface area contributed by atoms with Crippen molar-refractivity contribution in [1.29, 1.82) is 0 Å². The third-order valence-corrected chi connectivity index (χ3v) is 4.94. The van der Waals surface area contributed by atoms with Gasteiger partial charge in [0.25, 0.3) is 0 Å².